The van der Waals surface area contributed by atoms with Gasteiger partial charge in [-0.2, -0.15) is 5.10 Å². The summed E-state index contributed by atoms with van der Waals surface area (Å²) in [5, 5.41) is 4.28. The minimum absolute atomic E-state index is 0.0848. The fourth-order valence-electron chi connectivity index (χ4n) is 3.78. The molecular formula is C21H29FN4O. The van der Waals surface area contributed by atoms with E-state index in [0.717, 1.165) is 56.7 Å². The van der Waals surface area contributed by atoms with Crippen molar-refractivity contribution >= 4 is 5.91 Å². The van der Waals surface area contributed by atoms with Crippen molar-refractivity contribution < 1.29 is 9.18 Å². The predicted molar refractivity (Wildman–Crippen MR) is 104 cm³/mol. The van der Waals surface area contributed by atoms with Gasteiger partial charge in [0.15, 0.2) is 0 Å². The number of rotatable bonds is 7. The summed E-state index contributed by atoms with van der Waals surface area (Å²) in [4.78, 5) is 16.7. The summed E-state index contributed by atoms with van der Waals surface area (Å²) in [5.41, 5.74) is 1.70. The first kappa shape index (κ1) is 19.5. The van der Waals surface area contributed by atoms with Gasteiger partial charge in [-0.05, 0) is 56.3 Å². The number of amides is 1. The fourth-order valence-corrected chi connectivity index (χ4v) is 3.78. The molecule has 0 N–H and O–H groups in total. The molecule has 0 saturated carbocycles. The Morgan fingerprint density at radius 2 is 2.15 bits per heavy atom. The molecule has 1 unspecified atom stereocenters. The topological polar surface area (TPSA) is 41.4 Å². The van der Waals surface area contributed by atoms with Gasteiger partial charge in [-0.25, -0.2) is 4.39 Å². The monoisotopic (exact) mass is 372 g/mol. The Bertz CT molecular complexity index is 760. The van der Waals surface area contributed by atoms with Crippen LogP contribution in [0.2, 0.25) is 0 Å². The summed E-state index contributed by atoms with van der Waals surface area (Å²) in [6.45, 7) is 5.84. The molecule has 0 radical (unpaired) electrons. The number of likely N-dealkylation sites (tertiary alicyclic amines) is 1. The second-order valence-corrected chi connectivity index (χ2v) is 7.58. The van der Waals surface area contributed by atoms with E-state index in [1.807, 2.05) is 43.3 Å². The first-order chi connectivity index (χ1) is 13.0. The lowest BCUT2D eigenvalue weighted by atomic mass is 9.97. The highest BCUT2D eigenvalue weighted by molar-refractivity contribution is 5.75. The van der Waals surface area contributed by atoms with Gasteiger partial charge in [0, 0.05) is 32.9 Å². The number of halogens is 1. The highest BCUT2D eigenvalue weighted by Crippen LogP contribution is 2.18. The standard InChI is InChI=1S/C21H29FN4O/c1-17-9-13-26(23-17)16-21(27)24(2)14-18-6-5-11-25(15-18)12-10-19-7-3-4-8-20(19)22/h3-4,7-9,13,18H,5-6,10-12,14-16H2,1-2H3. The summed E-state index contributed by atoms with van der Waals surface area (Å²) in [6.07, 6.45) is 4.83. The van der Waals surface area contributed by atoms with E-state index < -0.39 is 0 Å². The molecule has 1 aliphatic heterocycles. The number of carbonyl (C=O) groups is 1. The number of aryl methyl sites for hydroxylation is 1. The summed E-state index contributed by atoms with van der Waals surface area (Å²) >= 11 is 0. The number of benzene rings is 1. The zero-order chi connectivity index (χ0) is 19.2. The average molecular weight is 372 g/mol. The first-order valence-corrected chi connectivity index (χ1v) is 9.71. The summed E-state index contributed by atoms with van der Waals surface area (Å²) in [7, 11) is 1.87. The second kappa shape index (κ2) is 9.13. The number of aromatic nitrogens is 2. The molecule has 1 fully saturated rings. The van der Waals surface area contributed by atoms with Crippen molar-refractivity contribution in [3.8, 4) is 0 Å². The molecule has 2 heterocycles. The van der Waals surface area contributed by atoms with Gasteiger partial charge in [0.25, 0.3) is 0 Å². The van der Waals surface area contributed by atoms with E-state index in [2.05, 4.69) is 10.00 Å². The molecule has 1 atom stereocenters. The molecule has 146 valence electrons. The molecule has 1 saturated heterocycles. The van der Waals surface area contributed by atoms with Gasteiger partial charge in [0.2, 0.25) is 5.91 Å². The van der Waals surface area contributed by atoms with Crippen molar-refractivity contribution in [2.45, 2.75) is 32.7 Å². The average Bonchev–Trinajstić information content (AvgIpc) is 3.06. The van der Waals surface area contributed by atoms with Gasteiger partial charge < -0.3 is 9.80 Å². The van der Waals surface area contributed by atoms with Crippen LogP contribution in [-0.2, 0) is 17.8 Å². The Hall–Kier alpha value is -2.21. The van der Waals surface area contributed by atoms with Crippen molar-refractivity contribution in [2.75, 3.05) is 33.2 Å². The van der Waals surface area contributed by atoms with Gasteiger partial charge in [-0.3, -0.25) is 9.48 Å². The van der Waals surface area contributed by atoms with E-state index in [-0.39, 0.29) is 18.3 Å². The van der Waals surface area contributed by atoms with Crippen LogP contribution in [0.3, 0.4) is 0 Å². The predicted octanol–water partition coefficient (Wildman–Crippen LogP) is 2.74. The lowest BCUT2D eigenvalue weighted by molar-refractivity contribution is -0.131. The second-order valence-electron chi connectivity index (χ2n) is 7.58. The lowest BCUT2D eigenvalue weighted by Crippen LogP contribution is -2.43. The van der Waals surface area contributed by atoms with Gasteiger partial charge in [0.1, 0.15) is 12.4 Å². The summed E-state index contributed by atoms with van der Waals surface area (Å²) in [6, 6.07) is 8.91. The van der Waals surface area contributed by atoms with Crippen LogP contribution in [0.4, 0.5) is 4.39 Å². The number of carbonyl (C=O) groups excluding carboxylic acids is 1. The minimum Gasteiger partial charge on any atom is -0.344 e. The molecule has 6 heteroatoms. The van der Waals surface area contributed by atoms with Crippen molar-refractivity contribution in [3.05, 3.63) is 53.6 Å². The highest BCUT2D eigenvalue weighted by Gasteiger charge is 2.23. The van der Waals surface area contributed by atoms with E-state index in [1.165, 1.54) is 6.07 Å². The largest absolute Gasteiger partial charge is 0.344 e. The summed E-state index contributed by atoms with van der Waals surface area (Å²) < 4.78 is 15.5. The quantitative estimate of drug-likeness (QED) is 0.750. The van der Waals surface area contributed by atoms with E-state index in [0.29, 0.717) is 5.92 Å². The minimum atomic E-state index is -0.120. The Kier molecular flexibility index (Phi) is 6.61. The number of nitrogens with zero attached hydrogens (tertiary/aromatic N) is 4. The maximum absolute atomic E-state index is 13.8. The third-order valence-corrected chi connectivity index (χ3v) is 5.29. The normalized spacial score (nSPS) is 17.8. The Balaban J connectivity index is 1.46. The SMILES string of the molecule is Cc1ccn(CC(=O)N(C)CC2CCCN(CCc3ccccc3F)C2)n1. The maximum atomic E-state index is 13.8. The van der Waals surface area contributed by atoms with Gasteiger partial charge in [-0.1, -0.05) is 18.2 Å². The molecule has 1 aliphatic rings. The smallest absolute Gasteiger partial charge is 0.244 e. The molecule has 1 amide bonds. The molecular weight excluding hydrogens is 343 g/mol. The van der Waals surface area contributed by atoms with E-state index in [1.54, 1.807) is 10.7 Å². The van der Waals surface area contributed by atoms with Crippen LogP contribution in [0.15, 0.2) is 36.5 Å². The number of hydrogen-bond donors (Lipinski definition) is 0. The number of piperidine rings is 1. The molecule has 1 aromatic carbocycles. The number of hydrogen-bond acceptors (Lipinski definition) is 3. The summed E-state index contributed by atoms with van der Waals surface area (Å²) in [5.74, 6) is 0.430. The van der Waals surface area contributed by atoms with Crippen molar-refractivity contribution in [1.82, 2.24) is 19.6 Å². The fraction of sp³-hybridized carbons (Fsp3) is 0.524. The van der Waals surface area contributed by atoms with Crippen molar-refractivity contribution in [2.24, 2.45) is 5.92 Å². The van der Waals surface area contributed by atoms with Gasteiger partial charge in [-0.15, -0.1) is 0 Å². The molecule has 0 bridgehead atoms. The third-order valence-electron chi connectivity index (χ3n) is 5.29. The van der Waals surface area contributed by atoms with Crippen molar-refractivity contribution in [1.29, 1.82) is 0 Å². The third kappa shape index (κ3) is 5.63. The molecule has 3 rings (SSSR count). The first-order valence-electron chi connectivity index (χ1n) is 9.71. The van der Waals surface area contributed by atoms with Crippen LogP contribution in [0.25, 0.3) is 0 Å². The molecule has 0 spiro atoms. The van der Waals surface area contributed by atoms with Gasteiger partial charge >= 0.3 is 0 Å². The van der Waals surface area contributed by atoms with E-state index in [9.17, 15) is 9.18 Å². The Morgan fingerprint density at radius 1 is 1.33 bits per heavy atom. The van der Waals surface area contributed by atoms with E-state index >= 15 is 0 Å². The highest BCUT2D eigenvalue weighted by atomic mass is 19.1. The molecule has 0 aliphatic carbocycles. The van der Waals surface area contributed by atoms with Crippen LogP contribution in [0, 0.1) is 18.7 Å². The molecule has 27 heavy (non-hydrogen) atoms. The van der Waals surface area contributed by atoms with Crippen LogP contribution < -0.4 is 0 Å². The van der Waals surface area contributed by atoms with Crippen LogP contribution in [0.1, 0.15) is 24.1 Å². The maximum Gasteiger partial charge on any atom is 0.244 e. The van der Waals surface area contributed by atoms with Crippen LogP contribution in [-0.4, -0.2) is 58.7 Å². The van der Waals surface area contributed by atoms with Crippen LogP contribution >= 0.6 is 0 Å². The number of likely N-dealkylation sites (N-methyl/N-ethyl adjacent to an activating group) is 1. The molecule has 5 nitrogen and oxygen atoms in total. The van der Waals surface area contributed by atoms with E-state index in [4.69, 9.17) is 0 Å². The zero-order valence-electron chi connectivity index (χ0n) is 16.3. The van der Waals surface area contributed by atoms with Crippen molar-refractivity contribution in [3.63, 3.8) is 0 Å². The molecule has 1 aromatic heterocycles. The van der Waals surface area contributed by atoms with Crippen LogP contribution in [0.5, 0.6) is 0 Å². The Labute approximate surface area is 160 Å². The Morgan fingerprint density at radius 3 is 2.89 bits per heavy atom. The molecule has 2 aromatic rings. The van der Waals surface area contributed by atoms with Gasteiger partial charge in [0.05, 0.1) is 5.69 Å². The zero-order valence-corrected chi connectivity index (χ0v) is 16.3. The lowest BCUT2D eigenvalue weighted by Gasteiger charge is -2.34.